The van der Waals surface area contributed by atoms with E-state index in [0.717, 1.165) is 16.8 Å². The molecule has 2 N–H and O–H groups in total. The van der Waals surface area contributed by atoms with Crippen LogP contribution in [0, 0.1) is 6.92 Å². The Morgan fingerprint density at radius 2 is 1.65 bits per heavy atom. The molecule has 0 radical (unpaired) electrons. The number of hydrogen-bond donors (Lipinski definition) is 2. The predicted molar refractivity (Wildman–Crippen MR) is 102 cm³/mol. The molecule has 1 heterocycles. The Morgan fingerprint density at radius 1 is 0.962 bits per heavy atom. The Kier molecular flexibility index (Phi) is 5.43. The number of nitrogens with zero attached hydrogens (tertiary/aromatic N) is 2. The Bertz CT molecular complexity index is 894. The van der Waals surface area contributed by atoms with Crippen LogP contribution in [0.25, 0.3) is 0 Å². The van der Waals surface area contributed by atoms with Crippen LogP contribution in [0.4, 0.5) is 17.3 Å². The Labute approximate surface area is 152 Å². The second-order valence-corrected chi connectivity index (χ2v) is 5.78. The van der Waals surface area contributed by atoms with Gasteiger partial charge in [-0.3, -0.25) is 4.79 Å². The van der Waals surface area contributed by atoms with E-state index in [-0.39, 0.29) is 5.91 Å². The lowest BCUT2D eigenvalue weighted by Crippen LogP contribution is -2.16. The predicted octanol–water partition coefficient (Wildman–Crippen LogP) is 3.72. The van der Waals surface area contributed by atoms with Crippen molar-refractivity contribution in [1.82, 2.24) is 10.2 Å². The van der Waals surface area contributed by atoms with Crippen LogP contribution in [-0.2, 0) is 11.2 Å². The summed E-state index contributed by atoms with van der Waals surface area (Å²) in [5.41, 5.74) is 2.87. The maximum Gasteiger partial charge on any atom is 0.230 e. The van der Waals surface area contributed by atoms with Crippen LogP contribution >= 0.6 is 0 Å². The minimum atomic E-state index is -0.126. The molecule has 3 rings (SSSR count). The summed E-state index contributed by atoms with van der Waals surface area (Å²) in [5.74, 6) is 1.56. The summed E-state index contributed by atoms with van der Waals surface area (Å²) < 4.78 is 5.29. The molecular formula is C20H20N4O2. The van der Waals surface area contributed by atoms with Crippen molar-refractivity contribution in [3.05, 3.63) is 71.8 Å². The zero-order valence-electron chi connectivity index (χ0n) is 14.7. The van der Waals surface area contributed by atoms with Crippen molar-refractivity contribution in [3.8, 4) is 5.75 Å². The number of methoxy groups -OCH3 is 1. The SMILES string of the molecule is COc1ccccc1Nc1ccc(NC(=O)Cc2ccccc2C)nn1. The number of hydrogen-bond acceptors (Lipinski definition) is 5. The first-order valence-corrected chi connectivity index (χ1v) is 8.24. The third-order valence-electron chi connectivity index (χ3n) is 3.91. The summed E-state index contributed by atoms with van der Waals surface area (Å²) in [6.45, 7) is 1.99. The van der Waals surface area contributed by atoms with Gasteiger partial charge < -0.3 is 15.4 Å². The second-order valence-electron chi connectivity index (χ2n) is 5.78. The van der Waals surface area contributed by atoms with Crippen LogP contribution in [0.3, 0.4) is 0 Å². The number of aryl methyl sites for hydroxylation is 1. The van der Waals surface area contributed by atoms with Gasteiger partial charge in [-0.15, -0.1) is 10.2 Å². The average Bonchev–Trinajstić information content (AvgIpc) is 2.66. The van der Waals surface area contributed by atoms with E-state index in [4.69, 9.17) is 4.74 Å². The number of para-hydroxylation sites is 2. The highest BCUT2D eigenvalue weighted by Crippen LogP contribution is 2.26. The van der Waals surface area contributed by atoms with E-state index in [1.807, 2.05) is 55.5 Å². The van der Waals surface area contributed by atoms with Gasteiger partial charge in [0.25, 0.3) is 0 Å². The van der Waals surface area contributed by atoms with Crippen molar-refractivity contribution in [3.63, 3.8) is 0 Å². The quantitative estimate of drug-likeness (QED) is 0.710. The van der Waals surface area contributed by atoms with Gasteiger partial charge in [0.15, 0.2) is 11.6 Å². The maximum atomic E-state index is 12.2. The van der Waals surface area contributed by atoms with Crippen LogP contribution in [0.1, 0.15) is 11.1 Å². The van der Waals surface area contributed by atoms with Gasteiger partial charge in [0, 0.05) is 0 Å². The van der Waals surface area contributed by atoms with Crippen molar-refractivity contribution < 1.29 is 9.53 Å². The number of carbonyl (C=O) groups excluding carboxylic acids is 1. The molecule has 0 saturated heterocycles. The third-order valence-corrected chi connectivity index (χ3v) is 3.91. The highest BCUT2D eigenvalue weighted by atomic mass is 16.5. The van der Waals surface area contributed by atoms with Crippen LogP contribution in [0.5, 0.6) is 5.75 Å². The molecule has 1 aromatic heterocycles. The zero-order chi connectivity index (χ0) is 18.4. The van der Waals surface area contributed by atoms with Gasteiger partial charge in [-0.1, -0.05) is 36.4 Å². The second kappa shape index (κ2) is 8.11. The van der Waals surface area contributed by atoms with Gasteiger partial charge in [-0.25, -0.2) is 0 Å². The van der Waals surface area contributed by atoms with Crippen LogP contribution in [-0.4, -0.2) is 23.2 Å². The highest BCUT2D eigenvalue weighted by molar-refractivity contribution is 5.91. The maximum absolute atomic E-state index is 12.2. The lowest BCUT2D eigenvalue weighted by Gasteiger charge is -2.10. The fraction of sp³-hybridized carbons (Fsp3) is 0.150. The molecule has 0 aliphatic rings. The average molecular weight is 348 g/mol. The van der Waals surface area contributed by atoms with Gasteiger partial charge >= 0.3 is 0 Å². The summed E-state index contributed by atoms with van der Waals surface area (Å²) in [4.78, 5) is 12.2. The fourth-order valence-corrected chi connectivity index (χ4v) is 2.52. The lowest BCUT2D eigenvalue weighted by molar-refractivity contribution is -0.115. The monoisotopic (exact) mass is 348 g/mol. The first-order chi connectivity index (χ1) is 12.7. The molecule has 6 nitrogen and oxygen atoms in total. The van der Waals surface area contributed by atoms with Crippen molar-refractivity contribution in [2.45, 2.75) is 13.3 Å². The standard InChI is InChI=1S/C20H20N4O2/c1-14-7-3-4-8-15(14)13-20(25)22-19-12-11-18(23-24-19)21-16-9-5-6-10-17(16)26-2/h3-12H,13H2,1-2H3,(H,21,23)(H,22,24,25). The Hall–Kier alpha value is -3.41. The smallest absolute Gasteiger partial charge is 0.230 e. The zero-order valence-corrected chi connectivity index (χ0v) is 14.7. The number of amides is 1. The van der Waals surface area contributed by atoms with E-state index in [2.05, 4.69) is 20.8 Å². The number of benzene rings is 2. The minimum Gasteiger partial charge on any atom is -0.495 e. The highest BCUT2D eigenvalue weighted by Gasteiger charge is 2.08. The summed E-state index contributed by atoms with van der Waals surface area (Å²) in [7, 11) is 1.61. The van der Waals surface area contributed by atoms with Gasteiger partial charge in [-0.05, 0) is 42.3 Å². The fourth-order valence-electron chi connectivity index (χ4n) is 2.52. The van der Waals surface area contributed by atoms with E-state index in [0.29, 0.717) is 23.8 Å². The van der Waals surface area contributed by atoms with Crippen molar-refractivity contribution >= 4 is 23.2 Å². The molecular weight excluding hydrogens is 328 g/mol. The van der Waals surface area contributed by atoms with Gasteiger partial charge in [0.05, 0.1) is 19.2 Å². The molecule has 0 bridgehead atoms. The van der Waals surface area contributed by atoms with Crippen molar-refractivity contribution in [1.29, 1.82) is 0 Å². The molecule has 0 unspecified atom stereocenters. The summed E-state index contributed by atoms with van der Waals surface area (Å²) in [6.07, 6.45) is 0.301. The normalized spacial score (nSPS) is 10.2. The number of anilines is 3. The topological polar surface area (TPSA) is 76.1 Å². The molecule has 0 fully saturated rings. The number of ether oxygens (including phenoxy) is 1. The van der Waals surface area contributed by atoms with Crippen molar-refractivity contribution in [2.75, 3.05) is 17.7 Å². The van der Waals surface area contributed by atoms with Gasteiger partial charge in [0.2, 0.25) is 5.91 Å². The lowest BCUT2D eigenvalue weighted by atomic mass is 10.1. The van der Waals surface area contributed by atoms with Crippen LogP contribution in [0.15, 0.2) is 60.7 Å². The summed E-state index contributed by atoms with van der Waals surface area (Å²) >= 11 is 0. The molecule has 0 spiro atoms. The number of carbonyl (C=O) groups is 1. The molecule has 26 heavy (non-hydrogen) atoms. The Balaban J connectivity index is 1.62. The molecule has 132 valence electrons. The molecule has 2 aromatic carbocycles. The van der Waals surface area contributed by atoms with E-state index in [9.17, 15) is 4.79 Å². The van der Waals surface area contributed by atoms with Gasteiger partial charge in [-0.2, -0.15) is 0 Å². The Morgan fingerprint density at radius 3 is 2.38 bits per heavy atom. The molecule has 1 amide bonds. The third kappa shape index (κ3) is 4.36. The van der Waals surface area contributed by atoms with Crippen LogP contribution in [0.2, 0.25) is 0 Å². The number of nitrogens with one attached hydrogen (secondary N) is 2. The number of aromatic nitrogens is 2. The molecule has 0 saturated carbocycles. The molecule has 3 aromatic rings. The van der Waals surface area contributed by atoms with E-state index >= 15 is 0 Å². The van der Waals surface area contributed by atoms with E-state index in [1.54, 1.807) is 19.2 Å². The number of rotatable bonds is 6. The summed E-state index contributed by atoms with van der Waals surface area (Å²) in [6, 6.07) is 18.8. The van der Waals surface area contributed by atoms with Crippen LogP contribution < -0.4 is 15.4 Å². The molecule has 0 atom stereocenters. The largest absolute Gasteiger partial charge is 0.495 e. The molecule has 6 heteroatoms. The molecule has 0 aliphatic carbocycles. The summed E-state index contributed by atoms with van der Waals surface area (Å²) in [5, 5.41) is 14.1. The minimum absolute atomic E-state index is 0.126. The van der Waals surface area contributed by atoms with Crippen molar-refractivity contribution in [2.24, 2.45) is 0 Å². The van der Waals surface area contributed by atoms with E-state index < -0.39 is 0 Å². The molecule has 0 aliphatic heterocycles. The van der Waals surface area contributed by atoms with E-state index in [1.165, 1.54) is 0 Å². The first kappa shape index (κ1) is 17.4. The first-order valence-electron chi connectivity index (χ1n) is 8.24. The van der Waals surface area contributed by atoms with Gasteiger partial charge in [0.1, 0.15) is 5.75 Å².